The van der Waals surface area contributed by atoms with Crippen LogP contribution in [0.1, 0.15) is 15.7 Å². The second kappa shape index (κ2) is 3.57. The third-order valence-electron chi connectivity index (χ3n) is 0.936. The van der Waals surface area contributed by atoms with Gasteiger partial charge in [-0.3, -0.25) is 0 Å². The SMILES string of the molecule is [2H]Cc1ccc(S)cc1.[3H]C. The molecule has 0 radical (unpaired) electrons. The molecule has 0 heterocycles. The van der Waals surface area contributed by atoms with Gasteiger partial charge in [0.1, 0.15) is 0 Å². The summed E-state index contributed by atoms with van der Waals surface area (Å²) < 4.78 is 12.7. The smallest absolute Gasteiger partial charge is 0.0280 e. The highest BCUT2D eigenvalue weighted by atomic mass is 32.1. The lowest BCUT2D eigenvalue weighted by Gasteiger charge is -1.89. The standard InChI is InChI=1S/C7H8S.CH4/c1-6-2-4-7(8)5-3-6;/h2-5,8H,1H3;1H4/i1D;1T. The van der Waals surface area contributed by atoms with E-state index in [2.05, 4.69) is 12.6 Å². The van der Waals surface area contributed by atoms with E-state index in [4.69, 9.17) is 2.74 Å². The molecule has 9 heavy (non-hydrogen) atoms. The molecule has 0 aliphatic carbocycles. The summed E-state index contributed by atoms with van der Waals surface area (Å²) in [6.07, 6.45) is 0. The first-order chi connectivity index (χ1) is 5.33. The Kier molecular flexibility index (Phi) is 2.13. The average molecular weight is 143 g/mol. The van der Waals surface area contributed by atoms with Crippen molar-refractivity contribution in [3.05, 3.63) is 29.8 Å². The van der Waals surface area contributed by atoms with Crippen molar-refractivity contribution in [3.63, 3.8) is 0 Å². The van der Waals surface area contributed by atoms with E-state index in [0.717, 1.165) is 10.5 Å². The van der Waals surface area contributed by atoms with Gasteiger partial charge in [0.15, 0.2) is 0 Å². The summed E-state index contributed by atoms with van der Waals surface area (Å²) in [5, 5.41) is 0. The van der Waals surface area contributed by atoms with Crippen molar-refractivity contribution in [1.82, 2.24) is 0 Å². The van der Waals surface area contributed by atoms with Crippen LogP contribution in [0, 0.1) is 6.90 Å². The van der Waals surface area contributed by atoms with Crippen molar-refractivity contribution in [2.45, 2.75) is 19.2 Å². The first-order valence-corrected chi connectivity index (χ1v) is 2.85. The minimum atomic E-state index is 0.355. The molecule has 0 bridgehead atoms. The Bertz CT molecular complexity index is 184. The van der Waals surface area contributed by atoms with Crippen molar-refractivity contribution >= 4 is 12.6 Å². The van der Waals surface area contributed by atoms with E-state index in [1.807, 2.05) is 24.3 Å². The monoisotopic (exact) mass is 143 g/mol. The summed E-state index contributed by atoms with van der Waals surface area (Å²) in [5.41, 5.74) is 1.04. The summed E-state index contributed by atoms with van der Waals surface area (Å²) in [5.74, 6) is 0. The number of benzene rings is 1. The Morgan fingerprint density at radius 2 is 2.11 bits per heavy atom. The maximum Gasteiger partial charge on any atom is 0.0280 e. The lowest BCUT2D eigenvalue weighted by atomic mass is 10.2. The van der Waals surface area contributed by atoms with Gasteiger partial charge in [0.25, 0.3) is 0 Å². The summed E-state index contributed by atoms with van der Waals surface area (Å²) in [4.78, 5) is 0.951. The largest absolute Gasteiger partial charge is 0.143 e. The molecule has 50 valence electrons. The van der Waals surface area contributed by atoms with Gasteiger partial charge in [-0.15, -0.1) is 12.6 Å². The molecule has 1 aromatic carbocycles. The van der Waals surface area contributed by atoms with Crippen LogP contribution in [0.4, 0.5) is 0 Å². The number of hydrogen-bond acceptors (Lipinski definition) is 1. The van der Waals surface area contributed by atoms with Gasteiger partial charge in [-0.25, -0.2) is 0 Å². The zero-order valence-corrected chi connectivity index (χ0v) is 6.36. The zero-order chi connectivity index (χ0) is 8.69. The van der Waals surface area contributed by atoms with Crippen molar-refractivity contribution in [2.75, 3.05) is 0 Å². The van der Waals surface area contributed by atoms with E-state index < -0.39 is 0 Å². The van der Waals surface area contributed by atoms with Crippen molar-refractivity contribution in [3.8, 4) is 0 Å². The average Bonchev–Trinajstić information content (AvgIpc) is 2.10. The highest BCUT2D eigenvalue weighted by Gasteiger charge is 1.80. The van der Waals surface area contributed by atoms with Crippen LogP contribution in [0.3, 0.4) is 0 Å². The second-order valence-electron chi connectivity index (χ2n) is 1.67. The van der Waals surface area contributed by atoms with Gasteiger partial charge >= 0.3 is 0 Å². The first kappa shape index (κ1) is 5.36. The molecule has 1 aromatic rings. The summed E-state index contributed by atoms with van der Waals surface area (Å²) in [7, 11) is 1.25. The minimum Gasteiger partial charge on any atom is -0.143 e. The predicted molar refractivity (Wildman–Crippen MR) is 45.2 cm³/mol. The Hall–Kier alpha value is -0.430. The van der Waals surface area contributed by atoms with Crippen LogP contribution in [0.2, 0.25) is 0 Å². The molecule has 0 saturated heterocycles. The molecule has 0 N–H and O–H groups in total. The highest BCUT2D eigenvalue weighted by molar-refractivity contribution is 7.80. The number of aryl methyl sites for hydroxylation is 1. The Balaban J connectivity index is 0.000000461. The molecule has 1 heteroatoms. The van der Waals surface area contributed by atoms with E-state index >= 15 is 0 Å². The van der Waals surface area contributed by atoms with Crippen LogP contribution in [0.25, 0.3) is 0 Å². The summed E-state index contributed by atoms with van der Waals surface area (Å²) in [6.45, 7) is 0.355. The van der Waals surface area contributed by atoms with E-state index in [9.17, 15) is 0 Å². The van der Waals surface area contributed by atoms with Crippen molar-refractivity contribution in [2.24, 2.45) is 0 Å². The summed E-state index contributed by atoms with van der Waals surface area (Å²) in [6, 6.07) is 7.62. The normalized spacial score (nSPS) is 10.4. The predicted octanol–water partition coefficient (Wildman–Crippen LogP) is 2.92. The zero-order valence-electron chi connectivity index (χ0n) is 7.46. The molecular formula is C8H12S. The van der Waals surface area contributed by atoms with Gasteiger partial charge < -0.3 is 0 Å². The molecule has 1 rings (SSSR count). The topological polar surface area (TPSA) is 0 Å². The number of thiol groups is 1. The van der Waals surface area contributed by atoms with E-state index in [1.165, 1.54) is 7.40 Å². The van der Waals surface area contributed by atoms with Crippen LogP contribution in [0.15, 0.2) is 29.2 Å². The quantitative estimate of drug-likeness (QED) is 0.530. The lowest BCUT2D eigenvalue weighted by molar-refractivity contribution is 1.39. The highest BCUT2D eigenvalue weighted by Crippen LogP contribution is 2.05. The van der Waals surface area contributed by atoms with E-state index in [1.54, 1.807) is 0 Å². The van der Waals surface area contributed by atoms with Crippen molar-refractivity contribution < 1.29 is 2.74 Å². The molecule has 0 aliphatic heterocycles. The molecule has 0 unspecified atom stereocenters. The molecule has 0 aromatic heterocycles. The maximum atomic E-state index is 6.99. The van der Waals surface area contributed by atoms with Crippen molar-refractivity contribution in [1.29, 1.82) is 0 Å². The lowest BCUT2D eigenvalue weighted by Crippen LogP contribution is -1.67. The van der Waals surface area contributed by atoms with Gasteiger partial charge in [-0.2, -0.15) is 0 Å². The Morgan fingerprint density at radius 1 is 1.56 bits per heavy atom. The fourth-order valence-corrected chi connectivity index (χ4v) is 0.645. The van der Waals surface area contributed by atoms with Crippen LogP contribution >= 0.6 is 12.6 Å². The van der Waals surface area contributed by atoms with E-state index in [0.29, 0.717) is 6.90 Å². The molecule has 0 spiro atoms. The molecule has 0 amide bonds. The molecular weight excluding hydrogens is 128 g/mol. The van der Waals surface area contributed by atoms with Gasteiger partial charge in [0.2, 0.25) is 0 Å². The Labute approximate surface area is 65.1 Å². The van der Waals surface area contributed by atoms with Gasteiger partial charge in [0.05, 0.1) is 0 Å². The third kappa shape index (κ3) is 2.56. The fourth-order valence-electron chi connectivity index (χ4n) is 0.496. The van der Waals surface area contributed by atoms with Crippen LogP contribution in [0.5, 0.6) is 0 Å². The fraction of sp³-hybridized carbons (Fsp3) is 0.250. The van der Waals surface area contributed by atoms with Crippen LogP contribution < -0.4 is 0 Å². The minimum absolute atomic E-state index is 0.355. The molecule has 0 fully saturated rings. The van der Waals surface area contributed by atoms with Gasteiger partial charge in [-0.1, -0.05) is 25.1 Å². The third-order valence-corrected chi connectivity index (χ3v) is 1.23. The second-order valence-corrected chi connectivity index (χ2v) is 2.18. The van der Waals surface area contributed by atoms with Gasteiger partial charge in [0, 0.05) is 7.64 Å². The molecule has 0 atom stereocenters. The number of hydrogen-bond donors (Lipinski definition) is 1. The van der Waals surface area contributed by atoms with Crippen LogP contribution in [-0.2, 0) is 0 Å². The van der Waals surface area contributed by atoms with Crippen LogP contribution in [-0.4, -0.2) is 0 Å². The van der Waals surface area contributed by atoms with Gasteiger partial charge in [-0.05, 0) is 19.0 Å². The summed E-state index contributed by atoms with van der Waals surface area (Å²) >= 11 is 4.11. The molecule has 0 aliphatic rings. The molecule has 0 nitrogen and oxygen atoms in total. The van der Waals surface area contributed by atoms with E-state index in [-0.39, 0.29) is 0 Å². The maximum absolute atomic E-state index is 6.99. The Morgan fingerprint density at radius 3 is 2.56 bits per heavy atom. The number of rotatable bonds is 0. The molecule has 0 saturated carbocycles. The first-order valence-electron chi connectivity index (χ1n) is 4.11.